The SMILES string of the molecule is COc1cccc(C(C)N2CC[C@H](Cc3cccnc3OC)C2)n1.S. The maximum Gasteiger partial charge on any atom is 0.216 e. The van der Waals surface area contributed by atoms with Gasteiger partial charge in [0.2, 0.25) is 11.8 Å². The zero-order valence-electron chi connectivity index (χ0n) is 15.1. The maximum absolute atomic E-state index is 5.38. The number of likely N-dealkylation sites (tertiary alicyclic amines) is 1. The minimum Gasteiger partial charge on any atom is -0.481 e. The van der Waals surface area contributed by atoms with E-state index in [1.165, 1.54) is 12.0 Å². The summed E-state index contributed by atoms with van der Waals surface area (Å²) in [4.78, 5) is 11.4. The molecule has 136 valence electrons. The molecule has 0 bridgehead atoms. The largest absolute Gasteiger partial charge is 0.481 e. The lowest BCUT2D eigenvalue weighted by atomic mass is 9.99. The minimum atomic E-state index is 0. The summed E-state index contributed by atoms with van der Waals surface area (Å²) >= 11 is 0. The van der Waals surface area contributed by atoms with Crippen LogP contribution in [-0.2, 0) is 6.42 Å². The second-order valence-corrected chi connectivity index (χ2v) is 6.31. The van der Waals surface area contributed by atoms with Gasteiger partial charge in [0.15, 0.2) is 0 Å². The van der Waals surface area contributed by atoms with Gasteiger partial charge in [-0.2, -0.15) is 13.5 Å². The van der Waals surface area contributed by atoms with Crippen molar-refractivity contribution in [2.75, 3.05) is 27.3 Å². The monoisotopic (exact) mass is 361 g/mol. The lowest BCUT2D eigenvalue weighted by Crippen LogP contribution is -2.25. The lowest BCUT2D eigenvalue weighted by Gasteiger charge is -2.24. The van der Waals surface area contributed by atoms with Crippen molar-refractivity contribution in [3.63, 3.8) is 0 Å². The van der Waals surface area contributed by atoms with Gasteiger partial charge in [0.1, 0.15) is 0 Å². The van der Waals surface area contributed by atoms with Crippen LogP contribution in [0.4, 0.5) is 0 Å². The maximum atomic E-state index is 5.38. The summed E-state index contributed by atoms with van der Waals surface area (Å²) in [5.41, 5.74) is 2.26. The molecule has 6 heteroatoms. The van der Waals surface area contributed by atoms with Crippen molar-refractivity contribution in [3.05, 3.63) is 47.8 Å². The Kier molecular flexibility index (Phi) is 7.08. The van der Waals surface area contributed by atoms with Crippen molar-refractivity contribution in [3.8, 4) is 11.8 Å². The topological polar surface area (TPSA) is 47.5 Å². The van der Waals surface area contributed by atoms with E-state index in [2.05, 4.69) is 33.9 Å². The van der Waals surface area contributed by atoms with Crippen LogP contribution in [0.15, 0.2) is 36.5 Å². The van der Waals surface area contributed by atoms with E-state index < -0.39 is 0 Å². The molecule has 3 heterocycles. The van der Waals surface area contributed by atoms with Gasteiger partial charge in [-0.05, 0) is 44.4 Å². The number of pyridine rings is 2. The van der Waals surface area contributed by atoms with Gasteiger partial charge in [0, 0.05) is 30.4 Å². The van der Waals surface area contributed by atoms with Crippen LogP contribution in [0.5, 0.6) is 11.8 Å². The third-order valence-corrected chi connectivity index (χ3v) is 4.80. The molecule has 2 aromatic heterocycles. The molecule has 2 aromatic rings. The van der Waals surface area contributed by atoms with Gasteiger partial charge >= 0.3 is 0 Å². The molecule has 0 radical (unpaired) electrons. The number of hydrogen-bond donors (Lipinski definition) is 0. The van der Waals surface area contributed by atoms with Crippen LogP contribution in [0, 0.1) is 5.92 Å². The van der Waals surface area contributed by atoms with E-state index in [9.17, 15) is 0 Å². The molecule has 2 atom stereocenters. The molecule has 1 fully saturated rings. The average Bonchev–Trinajstić information content (AvgIpc) is 3.10. The van der Waals surface area contributed by atoms with Crippen molar-refractivity contribution in [2.45, 2.75) is 25.8 Å². The van der Waals surface area contributed by atoms with E-state index in [4.69, 9.17) is 9.47 Å². The number of hydrogen-bond acceptors (Lipinski definition) is 5. The molecule has 1 saturated heterocycles. The van der Waals surface area contributed by atoms with E-state index in [1.807, 2.05) is 18.2 Å². The highest BCUT2D eigenvalue weighted by molar-refractivity contribution is 7.59. The van der Waals surface area contributed by atoms with Crippen molar-refractivity contribution in [2.24, 2.45) is 5.92 Å². The summed E-state index contributed by atoms with van der Waals surface area (Å²) in [6, 6.07) is 10.4. The minimum absolute atomic E-state index is 0. The van der Waals surface area contributed by atoms with Gasteiger partial charge in [-0.25, -0.2) is 9.97 Å². The highest BCUT2D eigenvalue weighted by atomic mass is 32.1. The molecule has 0 amide bonds. The van der Waals surface area contributed by atoms with E-state index >= 15 is 0 Å². The van der Waals surface area contributed by atoms with Crippen LogP contribution in [0.2, 0.25) is 0 Å². The predicted octanol–water partition coefficient (Wildman–Crippen LogP) is 3.23. The Balaban J connectivity index is 0.00000225. The average molecular weight is 362 g/mol. The summed E-state index contributed by atoms with van der Waals surface area (Å²) in [7, 11) is 3.34. The fourth-order valence-corrected chi connectivity index (χ4v) is 3.42. The molecule has 0 spiro atoms. The van der Waals surface area contributed by atoms with Crippen LogP contribution in [0.3, 0.4) is 0 Å². The number of aromatic nitrogens is 2. The first-order chi connectivity index (χ1) is 11.7. The Morgan fingerprint density at radius 1 is 1.20 bits per heavy atom. The van der Waals surface area contributed by atoms with Gasteiger partial charge in [-0.15, -0.1) is 0 Å². The molecule has 0 saturated carbocycles. The molecule has 0 N–H and O–H groups in total. The predicted molar refractivity (Wildman–Crippen MR) is 104 cm³/mol. The number of methoxy groups -OCH3 is 2. The van der Waals surface area contributed by atoms with Crippen LogP contribution < -0.4 is 9.47 Å². The van der Waals surface area contributed by atoms with Crippen LogP contribution >= 0.6 is 13.5 Å². The van der Waals surface area contributed by atoms with E-state index in [-0.39, 0.29) is 13.5 Å². The number of ether oxygens (including phenoxy) is 2. The third kappa shape index (κ3) is 4.64. The first-order valence-electron chi connectivity index (χ1n) is 8.44. The van der Waals surface area contributed by atoms with Crippen LogP contribution in [0.25, 0.3) is 0 Å². The van der Waals surface area contributed by atoms with E-state index in [1.54, 1.807) is 20.4 Å². The molecule has 0 aliphatic carbocycles. The van der Waals surface area contributed by atoms with Gasteiger partial charge < -0.3 is 9.47 Å². The number of nitrogens with zero attached hydrogens (tertiary/aromatic N) is 3. The summed E-state index contributed by atoms with van der Waals surface area (Å²) in [5.74, 6) is 2.05. The Morgan fingerprint density at radius 3 is 2.80 bits per heavy atom. The van der Waals surface area contributed by atoms with Gasteiger partial charge in [-0.1, -0.05) is 12.1 Å². The normalized spacial score (nSPS) is 18.4. The Hall–Kier alpha value is -1.79. The van der Waals surface area contributed by atoms with Crippen molar-refractivity contribution >= 4 is 13.5 Å². The van der Waals surface area contributed by atoms with E-state index in [0.29, 0.717) is 17.8 Å². The Morgan fingerprint density at radius 2 is 2.04 bits per heavy atom. The van der Waals surface area contributed by atoms with Gasteiger partial charge in [0.05, 0.1) is 19.9 Å². The fourth-order valence-electron chi connectivity index (χ4n) is 3.42. The summed E-state index contributed by atoms with van der Waals surface area (Å²) in [5, 5.41) is 0. The lowest BCUT2D eigenvalue weighted by molar-refractivity contribution is 0.246. The molecule has 1 aliphatic rings. The van der Waals surface area contributed by atoms with Crippen molar-refractivity contribution in [1.29, 1.82) is 0 Å². The molecular weight excluding hydrogens is 334 g/mol. The molecule has 0 aromatic carbocycles. The smallest absolute Gasteiger partial charge is 0.216 e. The highest BCUT2D eigenvalue weighted by Gasteiger charge is 2.28. The molecular formula is C19H27N3O2S. The second-order valence-electron chi connectivity index (χ2n) is 6.31. The highest BCUT2D eigenvalue weighted by Crippen LogP contribution is 2.30. The van der Waals surface area contributed by atoms with Crippen molar-refractivity contribution < 1.29 is 9.47 Å². The second kappa shape index (κ2) is 9.06. The molecule has 3 rings (SSSR count). The zero-order chi connectivity index (χ0) is 16.9. The van der Waals surface area contributed by atoms with Crippen LogP contribution in [0.1, 0.15) is 30.6 Å². The standard InChI is InChI=1S/C19H25N3O2.H2S/c1-14(17-7-4-8-18(21-17)23-2)22-11-9-15(13-22)12-16-6-5-10-20-19(16)24-3;/h4-8,10,14-15H,9,11-13H2,1-3H3;1H2/t14?,15-;/m1./s1. The van der Waals surface area contributed by atoms with Crippen LogP contribution in [-0.4, -0.2) is 42.2 Å². The van der Waals surface area contributed by atoms with Gasteiger partial charge in [-0.3, -0.25) is 4.90 Å². The first-order valence-corrected chi connectivity index (χ1v) is 8.44. The van der Waals surface area contributed by atoms with E-state index in [0.717, 1.165) is 31.1 Å². The summed E-state index contributed by atoms with van der Waals surface area (Å²) in [6.45, 7) is 4.38. The first kappa shape index (κ1) is 19.5. The molecule has 5 nitrogen and oxygen atoms in total. The summed E-state index contributed by atoms with van der Waals surface area (Å²) < 4.78 is 10.6. The molecule has 25 heavy (non-hydrogen) atoms. The Labute approximate surface area is 156 Å². The fraction of sp³-hybridized carbons (Fsp3) is 0.474. The third-order valence-electron chi connectivity index (χ3n) is 4.80. The van der Waals surface area contributed by atoms with Crippen molar-refractivity contribution in [1.82, 2.24) is 14.9 Å². The number of rotatable bonds is 6. The molecule has 1 unspecified atom stereocenters. The molecule has 1 aliphatic heterocycles. The Bertz CT molecular complexity index is 683. The quantitative estimate of drug-likeness (QED) is 0.790. The summed E-state index contributed by atoms with van der Waals surface area (Å²) in [6.07, 6.45) is 3.97. The zero-order valence-corrected chi connectivity index (χ0v) is 16.1. The van der Waals surface area contributed by atoms with Gasteiger partial charge in [0.25, 0.3) is 0 Å².